The molecular formula is C11H17N3. The minimum Gasteiger partial charge on any atom is -0.348 e. The van der Waals surface area contributed by atoms with Gasteiger partial charge in [0.2, 0.25) is 0 Å². The molecular weight excluding hydrogens is 174 g/mol. The smallest absolute Gasteiger partial charge is 0.0925 e. The average Bonchev–Trinajstić information content (AvgIpc) is 2.88. The number of nitrogens with zero attached hydrogens (tertiary/aromatic N) is 1. The van der Waals surface area contributed by atoms with E-state index in [9.17, 15) is 0 Å². The van der Waals surface area contributed by atoms with Crippen molar-refractivity contribution in [3.63, 3.8) is 0 Å². The van der Waals surface area contributed by atoms with Gasteiger partial charge in [-0.3, -0.25) is 0 Å². The second-order valence-corrected chi connectivity index (χ2v) is 4.49. The summed E-state index contributed by atoms with van der Waals surface area (Å²) in [5, 5.41) is 3.62. The number of rotatable bonds is 1. The van der Waals surface area contributed by atoms with Crippen LogP contribution in [0.1, 0.15) is 43.1 Å². The quantitative estimate of drug-likeness (QED) is 0.710. The Hall–Kier alpha value is -0.830. The van der Waals surface area contributed by atoms with E-state index in [1.165, 1.54) is 37.1 Å². The molecule has 0 amide bonds. The summed E-state index contributed by atoms with van der Waals surface area (Å²) in [6, 6.07) is 0.535. The molecule has 1 aliphatic heterocycles. The van der Waals surface area contributed by atoms with Gasteiger partial charge in [0.15, 0.2) is 0 Å². The van der Waals surface area contributed by atoms with Gasteiger partial charge < -0.3 is 10.3 Å². The molecule has 0 aromatic carbocycles. The zero-order valence-electron chi connectivity index (χ0n) is 8.42. The number of fused-ring (bicyclic) bond motifs is 1. The Kier molecular flexibility index (Phi) is 2.05. The van der Waals surface area contributed by atoms with Gasteiger partial charge in [0, 0.05) is 18.7 Å². The molecule has 1 saturated carbocycles. The van der Waals surface area contributed by atoms with Crippen LogP contribution in [0, 0.1) is 5.92 Å². The normalized spacial score (nSPS) is 27.9. The second-order valence-electron chi connectivity index (χ2n) is 4.49. The van der Waals surface area contributed by atoms with Crippen LogP contribution in [0.15, 0.2) is 6.33 Å². The van der Waals surface area contributed by atoms with E-state index in [-0.39, 0.29) is 0 Å². The van der Waals surface area contributed by atoms with Gasteiger partial charge >= 0.3 is 0 Å². The van der Waals surface area contributed by atoms with Crippen molar-refractivity contribution in [2.45, 2.75) is 38.1 Å². The number of aromatic amines is 1. The van der Waals surface area contributed by atoms with E-state index in [2.05, 4.69) is 15.3 Å². The lowest BCUT2D eigenvalue weighted by atomic mass is 9.91. The van der Waals surface area contributed by atoms with Crippen LogP contribution in [0.5, 0.6) is 0 Å². The van der Waals surface area contributed by atoms with E-state index in [1.54, 1.807) is 0 Å². The first-order chi connectivity index (χ1) is 6.95. The fourth-order valence-corrected chi connectivity index (χ4v) is 2.93. The summed E-state index contributed by atoms with van der Waals surface area (Å²) in [7, 11) is 0. The number of nitrogens with one attached hydrogen (secondary N) is 2. The van der Waals surface area contributed by atoms with Crippen molar-refractivity contribution < 1.29 is 0 Å². The maximum atomic E-state index is 4.46. The van der Waals surface area contributed by atoms with E-state index < -0.39 is 0 Å². The molecule has 3 rings (SSSR count). The SMILES string of the molecule is c1nc2c([nH]1)CCNC2C1CCCC1. The maximum absolute atomic E-state index is 4.46. The predicted molar refractivity (Wildman–Crippen MR) is 55.0 cm³/mol. The molecule has 3 nitrogen and oxygen atoms in total. The predicted octanol–water partition coefficient (Wildman–Crippen LogP) is 1.79. The molecule has 0 bridgehead atoms. The highest BCUT2D eigenvalue weighted by atomic mass is 15.0. The molecule has 76 valence electrons. The van der Waals surface area contributed by atoms with Crippen LogP contribution in [0.4, 0.5) is 0 Å². The summed E-state index contributed by atoms with van der Waals surface area (Å²) in [4.78, 5) is 7.72. The maximum Gasteiger partial charge on any atom is 0.0925 e. The number of hydrogen-bond acceptors (Lipinski definition) is 2. The molecule has 3 heteroatoms. The summed E-state index contributed by atoms with van der Waals surface area (Å²) in [6.07, 6.45) is 8.53. The van der Waals surface area contributed by atoms with Gasteiger partial charge in [-0.25, -0.2) is 4.98 Å². The van der Waals surface area contributed by atoms with Crippen LogP contribution in [0.25, 0.3) is 0 Å². The summed E-state index contributed by atoms with van der Waals surface area (Å²) >= 11 is 0. The summed E-state index contributed by atoms with van der Waals surface area (Å²) < 4.78 is 0. The van der Waals surface area contributed by atoms with Crippen LogP contribution < -0.4 is 5.32 Å². The van der Waals surface area contributed by atoms with E-state index in [1.807, 2.05) is 6.33 Å². The van der Waals surface area contributed by atoms with E-state index in [4.69, 9.17) is 0 Å². The van der Waals surface area contributed by atoms with Crippen molar-refractivity contribution in [2.75, 3.05) is 6.54 Å². The molecule has 2 heterocycles. The molecule has 2 aliphatic rings. The largest absolute Gasteiger partial charge is 0.348 e. The Morgan fingerprint density at radius 2 is 2.14 bits per heavy atom. The lowest BCUT2D eigenvalue weighted by Crippen LogP contribution is -2.34. The Morgan fingerprint density at radius 1 is 1.29 bits per heavy atom. The summed E-state index contributed by atoms with van der Waals surface area (Å²) in [5.74, 6) is 0.831. The zero-order chi connectivity index (χ0) is 9.38. The van der Waals surface area contributed by atoms with Gasteiger partial charge in [-0.15, -0.1) is 0 Å². The zero-order valence-corrected chi connectivity index (χ0v) is 8.42. The molecule has 1 unspecified atom stereocenters. The highest BCUT2D eigenvalue weighted by molar-refractivity contribution is 5.20. The monoisotopic (exact) mass is 191 g/mol. The third kappa shape index (κ3) is 1.27. The molecule has 14 heavy (non-hydrogen) atoms. The Balaban J connectivity index is 1.88. The van der Waals surface area contributed by atoms with Crippen LogP contribution >= 0.6 is 0 Å². The lowest BCUT2D eigenvalue weighted by molar-refractivity contribution is 0.347. The Labute approximate surface area is 84.3 Å². The third-order valence-electron chi connectivity index (χ3n) is 3.66. The second kappa shape index (κ2) is 3.39. The number of H-pyrrole nitrogens is 1. The number of imidazole rings is 1. The molecule has 1 aromatic rings. The highest BCUT2D eigenvalue weighted by Gasteiger charge is 2.31. The fraction of sp³-hybridized carbons (Fsp3) is 0.727. The molecule has 0 radical (unpaired) electrons. The average molecular weight is 191 g/mol. The minimum absolute atomic E-state index is 0.535. The topological polar surface area (TPSA) is 40.7 Å². The van der Waals surface area contributed by atoms with Crippen molar-refractivity contribution in [2.24, 2.45) is 5.92 Å². The first-order valence-corrected chi connectivity index (χ1v) is 5.70. The summed E-state index contributed by atoms with van der Waals surface area (Å²) in [6.45, 7) is 1.11. The first kappa shape index (κ1) is 8.48. The van der Waals surface area contributed by atoms with Crippen molar-refractivity contribution in [3.05, 3.63) is 17.7 Å². The Morgan fingerprint density at radius 3 is 3.00 bits per heavy atom. The molecule has 1 aromatic heterocycles. The third-order valence-corrected chi connectivity index (χ3v) is 3.66. The van der Waals surface area contributed by atoms with Crippen molar-refractivity contribution >= 4 is 0 Å². The van der Waals surface area contributed by atoms with Crippen molar-refractivity contribution in [3.8, 4) is 0 Å². The number of hydrogen-bond donors (Lipinski definition) is 2. The molecule has 0 saturated heterocycles. The van der Waals surface area contributed by atoms with Gasteiger partial charge in [-0.05, 0) is 18.8 Å². The van der Waals surface area contributed by atoms with Crippen LogP contribution in [-0.4, -0.2) is 16.5 Å². The van der Waals surface area contributed by atoms with Gasteiger partial charge in [0.25, 0.3) is 0 Å². The van der Waals surface area contributed by atoms with E-state index in [0.717, 1.165) is 18.9 Å². The minimum atomic E-state index is 0.535. The molecule has 2 N–H and O–H groups in total. The van der Waals surface area contributed by atoms with E-state index in [0.29, 0.717) is 6.04 Å². The van der Waals surface area contributed by atoms with Crippen LogP contribution in [0.2, 0.25) is 0 Å². The Bertz CT molecular complexity index is 312. The van der Waals surface area contributed by atoms with Gasteiger partial charge in [0.1, 0.15) is 0 Å². The summed E-state index contributed by atoms with van der Waals surface area (Å²) in [5.41, 5.74) is 2.66. The fourth-order valence-electron chi connectivity index (χ4n) is 2.93. The van der Waals surface area contributed by atoms with E-state index >= 15 is 0 Å². The number of aromatic nitrogens is 2. The molecule has 1 aliphatic carbocycles. The standard InChI is InChI=1S/C11H17N3/c1-2-4-8(3-1)10-11-9(5-6-12-10)13-7-14-11/h7-8,10,12H,1-6H2,(H,13,14). The van der Waals surface area contributed by atoms with Crippen LogP contribution in [-0.2, 0) is 6.42 Å². The highest BCUT2D eigenvalue weighted by Crippen LogP contribution is 2.37. The van der Waals surface area contributed by atoms with Gasteiger partial charge in [-0.1, -0.05) is 12.8 Å². The van der Waals surface area contributed by atoms with Gasteiger partial charge in [0.05, 0.1) is 18.1 Å². The van der Waals surface area contributed by atoms with Gasteiger partial charge in [-0.2, -0.15) is 0 Å². The molecule has 0 spiro atoms. The van der Waals surface area contributed by atoms with Crippen molar-refractivity contribution in [1.29, 1.82) is 0 Å². The lowest BCUT2D eigenvalue weighted by Gasteiger charge is -2.27. The van der Waals surface area contributed by atoms with Crippen molar-refractivity contribution in [1.82, 2.24) is 15.3 Å². The molecule has 1 fully saturated rings. The first-order valence-electron chi connectivity index (χ1n) is 5.70. The molecule has 1 atom stereocenters. The van der Waals surface area contributed by atoms with Crippen LogP contribution in [0.3, 0.4) is 0 Å².